The van der Waals surface area contributed by atoms with Crippen LogP contribution in [0.1, 0.15) is 10.4 Å². The van der Waals surface area contributed by atoms with Gasteiger partial charge in [-0.3, -0.25) is 10.1 Å². The predicted molar refractivity (Wildman–Crippen MR) is 57.2 cm³/mol. The fraction of sp³-hybridized carbons (Fsp3) is 0. The average molecular weight is 233 g/mol. The second-order valence-electron chi connectivity index (χ2n) is 3.21. The summed E-state index contributed by atoms with van der Waals surface area (Å²) in [5, 5.41) is 19.9. The molecule has 1 aromatic carbocycles. The Morgan fingerprint density at radius 3 is 2.76 bits per heavy atom. The Labute approximate surface area is 95.1 Å². The number of hydrogen-bond donors (Lipinski definition) is 1. The van der Waals surface area contributed by atoms with E-state index >= 15 is 0 Å². The van der Waals surface area contributed by atoms with Crippen molar-refractivity contribution in [2.24, 2.45) is 0 Å². The molecule has 0 aliphatic carbocycles. The normalized spacial score (nSPS) is 10.1. The van der Waals surface area contributed by atoms with E-state index in [9.17, 15) is 14.9 Å². The zero-order chi connectivity index (χ0) is 12.4. The third-order valence-electron chi connectivity index (χ3n) is 2.21. The van der Waals surface area contributed by atoms with Gasteiger partial charge in [0.05, 0.1) is 11.3 Å². The van der Waals surface area contributed by atoms with Crippen molar-refractivity contribution in [1.82, 2.24) is 9.55 Å². The number of nitro groups is 1. The summed E-state index contributed by atoms with van der Waals surface area (Å²) in [5.74, 6) is -1.33. The van der Waals surface area contributed by atoms with Crippen molar-refractivity contribution in [3.8, 4) is 5.69 Å². The molecule has 86 valence electrons. The minimum absolute atomic E-state index is 0.174. The maximum absolute atomic E-state index is 11.0. The van der Waals surface area contributed by atoms with Crippen LogP contribution in [0.15, 0.2) is 36.9 Å². The summed E-state index contributed by atoms with van der Waals surface area (Å²) in [6, 6.07) is 4.11. The van der Waals surface area contributed by atoms with Crippen molar-refractivity contribution in [2.75, 3.05) is 0 Å². The first kappa shape index (κ1) is 10.8. The van der Waals surface area contributed by atoms with E-state index < -0.39 is 16.6 Å². The van der Waals surface area contributed by atoms with Crippen molar-refractivity contribution in [3.63, 3.8) is 0 Å². The van der Waals surface area contributed by atoms with Crippen LogP contribution in [0, 0.1) is 10.1 Å². The summed E-state index contributed by atoms with van der Waals surface area (Å²) < 4.78 is 1.39. The van der Waals surface area contributed by atoms with E-state index in [0.29, 0.717) is 0 Å². The maximum Gasteiger partial charge on any atom is 0.342 e. The van der Waals surface area contributed by atoms with Gasteiger partial charge in [0.2, 0.25) is 0 Å². The molecule has 0 spiro atoms. The van der Waals surface area contributed by atoms with E-state index in [-0.39, 0.29) is 11.3 Å². The number of imidazole rings is 1. The fourth-order valence-corrected chi connectivity index (χ4v) is 1.51. The van der Waals surface area contributed by atoms with Gasteiger partial charge in [-0.15, -0.1) is 0 Å². The van der Waals surface area contributed by atoms with Gasteiger partial charge in [0.25, 0.3) is 0 Å². The molecule has 0 fully saturated rings. The first-order valence-electron chi connectivity index (χ1n) is 4.60. The Hall–Kier alpha value is -2.70. The fourth-order valence-electron chi connectivity index (χ4n) is 1.51. The number of hydrogen-bond acceptors (Lipinski definition) is 4. The number of aromatic nitrogens is 2. The van der Waals surface area contributed by atoms with Gasteiger partial charge >= 0.3 is 11.7 Å². The van der Waals surface area contributed by atoms with Crippen molar-refractivity contribution in [1.29, 1.82) is 0 Å². The molecular weight excluding hydrogens is 226 g/mol. The molecule has 0 atom stereocenters. The van der Waals surface area contributed by atoms with E-state index in [1.165, 1.54) is 41.5 Å². The van der Waals surface area contributed by atoms with Gasteiger partial charge in [0.1, 0.15) is 11.3 Å². The van der Waals surface area contributed by atoms with Gasteiger partial charge in [-0.1, -0.05) is 6.07 Å². The number of nitrogens with zero attached hydrogens (tertiary/aromatic N) is 3. The summed E-state index contributed by atoms with van der Waals surface area (Å²) in [5.41, 5.74) is -0.619. The highest BCUT2D eigenvalue weighted by atomic mass is 16.6. The monoisotopic (exact) mass is 233 g/mol. The van der Waals surface area contributed by atoms with Crippen LogP contribution in [-0.4, -0.2) is 25.6 Å². The number of rotatable bonds is 3. The maximum atomic E-state index is 11.0. The van der Waals surface area contributed by atoms with Crippen molar-refractivity contribution in [2.45, 2.75) is 0 Å². The number of benzene rings is 1. The minimum Gasteiger partial charge on any atom is -0.477 e. The molecule has 0 saturated heterocycles. The van der Waals surface area contributed by atoms with E-state index in [1.54, 1.807) is 0 Å². The van der Waals surface area contributed by atoms with Crippen molar-refractivity contribution >= 4 is 11.7 Å². The highest BCUT2D eigenvalue weighted by Crippen LogP contribution is 2.26. The standard InChI is InChI=1S/C10H7N3O4/c14-10(15)7-2-1-3-8(9(7)13(16)17)12-5-4-11-6-12/h1-6H,(H,14,15). The third-order valence-corrected chi connectivity index (χ3v) is 2.21. The van der Waals surface area contributed by atoms with Gasteiger partial charge in [-0.05, 0) is 12.1 Å². The van der Waals surface area contributed by atoms with Crippen LogP contribution in [0.3, 0.4) is 0 Å². The first-order chi connectivity index (χ1) is 8.11. The van der Waals surface area contributed by atoms with E-state index in [4.69, 9.17) is 5.11 Å². The van der Waals surface area contributed by atoms with Crippen LogP contribution >= 0.6 is 0 Å². The van der Waals surface area contributed by atoms with Gasteiger partial charge in [0.15, 0.2) is 0 Å². The molecule has 0 radical (unpaired) electrons. The topological polar surface area (TPSA) is 98.3 Å². The molecule has 2 aromatic rings. The summed E-state index contributed by atoms with van der Waals surface area (Å²) in [6.07, 6.45) is 4.33. The predicted octanol–water partition coefficient (Wildman–Crippen LogP) is 1.48. The molecule has 1 aromatic heterocycles. The number of nitro benzene ring substituents is 1. The van der Waals surface area contributed by atoms with Crippen LogP contribution in [0.4, 0.5) is 5.69 Å². The molecular formula is C10H7N3O4. The number of para-hydroxylation sites is 1. The van der Waals surface area contributed by atoms with Crippen LogP contribution in [0.2, 0.25) is 0 Å². The Kier molecular flexibility index (Phi) is 2.57. The first-order valence-corrected chi connectivity index (χ1v) is 4.60. The SMILES string of the molecule is O=C(O)c1cccc(-n2ccnc2)c1[N+](=O)[O-]. The van der Waals surface area contributed by atoms with Crippen molar-refractivity contribution in [3.05, 3.63) is 52.6 Å². The Morgan fingerprint density at radius 2 is 2.24 bits per heavy atom. The Balaban J connectivity index is 2.72. The lowest BCUT2D eigenvalue weighted by Crippen LogP contribution is -2.06. The molecule has 2 rings (SSSR count). The number of carbonyl (C=O) groups is 1. The largest absolute Gasteiger partial charge is 0.477 e. The average Bonchev–Trinajstić information content (AvgIpc) is 2.81. The van der Waals surface area contributed by atoms with Crippen LogP contribution in [0.5, 0.6) is 0 Å². The number of carboxylic acid groups (broad SMARTS) is 1. The molecule has 0 amide bonds. The quantitative estimate of drug-likeness (QED) is 0.639. The van der Waals surface area contributed by atoms with Gasteiger partial charge in [-0.2, -0.15) is 0 Å². The second-order valence-corrected chi connectivity index (χ2v) is 3.21. The second kappa shape index (κ2) is 4.05. The Bertz CT molecular complexity index is 577. The smallest absolute Gasteiger partial charge is 0.342 e. The molecule has 0 saturated carbocycles. The van der Waals surface area contributed by atoms with E-state index in [2.05, 4.69) is 4.98 Å². The highest BCUT2D eigenvalue weighted by Gasteiger charge is 2.24. The summed E-state index contributed by atoms with van der Waals surface area (Å²) in [4.78, 5) is 24.9. The van der Waals surface area contributed by atoms with Crippen LogP contribution in [0.25, 0.3) is 5.69 Å². The van der Waals surface area contributed by atoms with Crippen molar-refractivity contribution < 1.29 is 14.8 Å². The third kappa shape index (κ3) is 1.85. The lowest BCUT2D eigenvalue weighted by Gasteiger charge is -2.05. The van der Waals surface area contributed by atoms with Gasteiger partial charge in [0, 0.05) is 12.4 Å². The molecule has 7 nitrogen and oxygen atoms in total. The zero-order valence-corrected chi connectivity index (χ0v) is 8.48. The van der Waals surface area contributed by atoms with Gasteiger partial charge in [-0.25, -0.2) is 9.78 Å². The highest BCUT2D eigenvalue weighted by molar-refractivity contribution is 5.94. The molecule has 0 aliphatic heterocycles. The molecule has 0 aliphatic rings. The lowest BCUT2D eigenvalue weighted by atomic mass is 10.1. The Morgan fingerprint density at radius 1 is 1.47 bits per heavy atom. The molecule has 1 N–H and O–H groups in total. The zero-order valence-electron chi connectivity index (χ0n) is 8.48. The summed E-state index contributed by atoms with van der Waals surface area (Å²) in [6.45, 7) is 0. The number of carboxylic acids is 1. The van der Waals surface area contributed by atoms with Gasteiger partial charge < -0.3 is 9.67 Å². The summed E-state index contributed by atoms with van der Waals surface area (Å²) >= 11 is 0. The molecule has 0 bridgehead atoms. The van der Waals surface area contributed by atoms with Crippen LogP contribution in [-0.2, 0) is 0 Å². The molecule has 7 heteroatoms. The molecule has 1 heterocycles. The number of aromatic carboxylic acids is 1. The molecule has 0 unspecified atom stereocenters. The lowest BCUT2D eigenvalue weighted by molar-refractivity contribution is -0.384. The minimum atomic E-state index is -1.33. The van der Waals surface area contributed by atoms with E-state index in [1.807, 2.05) is 0 Å². The molecule has 17 heavy (non-hydrogen) atoms. The summed E-state index contributed by atoms with van der Waals surface area (Å²) in [7, 11) is 0. The van der Waals surface area contributed by atoms with E-state index in [0.717, 1.165) is 0 Å². The van der Waals surface area contributed by atoms with Crippen LogP contribution < -0.4 is 0 Å².